The fourth-order valence-corrected chi connectivity index (χ4v) is 2.16. The quantitative estimate of drug-likeness (QED) is 0.822. The third-order valence-corrected chi connectivity index (χ3v) is 3.05. The van der Waals surface area contributed by atoms with E-state index in [9.17, 15) is 0 Å². The van der Waals surface area contributed by atoms with Crippen molar-refractivity contribution in [1.82, 2.24) is 9.97 Å². The zero-order chi connectivity index (χ0) is 12.3. The maximum atomic E-state index is 5.94. The molecule has 0 spiro atoms. The Labute approximate surface area is 107 Å². The number of rotatable bonds is 5. The lowest BCUT2D eigenvalue weighted by Crippen LogP contribution is -2.36. The Morgan fingerprint density at radius 2 is 2.24 bits per heavy atom. The van der Waals surface area contributed by atoms with Crippen molar-refractivity contribution < 1.29 is 4.74 Å². The van der Waals surface area contributed by atoms with Gasteiger partial charge in [0.05, 0.1) is 6.61 Å². The third-order valence-electron chi connectivity index (χ3n) is 2.70. The lowest BCUT2D eigenvalue weighted by molar-refractivity contribution is 0.304. The fraction of sp³-hybridized carbons (Fsp3) is 0.667. The molecule has 5 heteroatoms. The minimum absolute atomic E-state index is 0.299. The Morgan fingerprint density at radius 3 is 2.88 bits per heavy atom. The summed E-state index contributed by atoms with van der Waals surface area (Å²) in [6, 6.07) is 2.25. The molecule has 1 aliphatic rings. The second-order valence-corrected chi connectivity index (χ2v) is 5.05. The van der Waals surface area contributed by atoms with Crippen LogP contribution in [0.2, 0.25) is 0 Å². The summed E-state index contributed by atoms with van der Waals surface area (Å²) in [5, 5.41) is 3.58. The summed E-state index contributed by atoms with van der Waals surface area (Å²) in [4.78, 5) is 8.67. The van der Waals surface area contributed by atoms with Gasteiger partial charge in [-0.15, -0.1) is 11.6 Å². The van der Waals surface area contributed by atoms with Gasteiger partial charge in [0.15, 0.2) is 0 Å². The number of alkyl halides is 1. The van der Waals surface area contributed by atoms with Gasteiger partial charge in [0.25, 0.3) is 0 Å². The molecular weight excluding hydrogens is 238 g/mol. The molecule has 1 aromatic heterocycles. The van der Waals surface area contributed by atoms with Gasteiger partial charge in [-0.1, -0.05) is 6.92 Å². The van der Waals surface area contributed by atoms with Crippen LogP contribution in [0.25, 0.3) is 0 Å². The number of aryl methyl sites for hydroxylation is 1. The maximum absolute atomic E-state index is 5.94. The van der Waals surface area contributed by atoms with Crippen LogP contribution in [0, 0.1) is 6.92 Å². The summed E-state index contributed by atoms with van der Waals surface area (Å²) >= 11 is 5.94. The number of anilines is 1. The normalized spacial score (nSPS) is 23.0. The first-order valence-corrected chi connectivity index (χ1v) is 6.50. The van der Waals surface area contributed by atoms with Gasteiger partial charge in [0.2, 0.25) is 11.8 Å². The first-order valence-electron chi connectivity index (χ1n) is 6.06. The van der Waals surface area contributed by atoms with Crippen molar-refractivity contribution in [3.05, 3.63) is 11.8 Å². The van der Waals surface area contributed by atoms with E-state index in [1.807, 2.05) is 13.0 Å². The van der Waals surface area contributed by atoms with Crippen LogP contribution in [-0.2, 0) is 0 Å². The van der Waals surface area contributed by atoms with Crippen LogP contribution < -0.4 is 10.1 Å². The average molecular weight is 256 g/mol. The molecule has 17 heavy (non-hydrogen) atoms. The highest BCUT2D eigenvalue weighted by molar-refractivity contribution is 6.21. The number of hydrogen-bond acceptors (Lipinski definition) is 4. The van der Waals surface area contributed by atoms with E-state index in [2.05, 4.69) is 22.2 Å². The molecule has 1 aromatic rings. The van der Waals surface area contributed by atoms with Crippen LogP contribution in [0.1, 0.15) is 31.9 Å². The molecule has 0 aromatic carbocycles. The van der Waals surface area contributed by atoms with E-state index in [-0.39, 0.29) is 0 Å². The van der Waals surface area contributed by atoms with Gasteiger partial charge in [-0.05, 0) is 26.2 Å². The van der Waals surface area contributed by atoms with Gasteiger partial charge in [0.1, 0.15) is 0 Å². The zero-order valence-electron chi connectivity index (χ0n) is 10.2. The number of nitrogens with zero attached hydrogens (tertiary/aromatic N) is 2. The van der Waals surface area contributed by atoms with Crippen molar-refractivity contribution in [1.29, 1.82) is 0 Å². The largest absolute Gasteiger partial charge is 0.478 e. The number of hydrogen-bond donors (Lipinski definition) is 1. The number of nitrogens with one attached hydrogen (secondary N) is 1. The van der Waals surface area contributed by atoms with Crippen LogP contribution >= 0.6 is 11.6 Å². The van der Waals surface area contributed by atoms with Gasteiger partial charge in [-0.25, -0.2) is 4.98 Å². The van der Waals surface area contributed by atoms with E-state index in [1.165, 1.54) is 0 Å². The lowest BCUT2D eigenvalue weighted by atomic mass is 9.93. The molecule has 1 aliphatic carbocycles. The van der Waals surface area contributed by atoms with Crippen molar-refractivity contribution in [2.45, 2.75) is 44.5 Å². The lowest BCUT2D eigenvalue weighted by Gasteiger charge is -2.31. The molecule has 0 saturated heterocycles. The van der Waals surface area contributed by atoms with E-state index in [4.69, 9.17) is 16.3 Å². The minimum Gasteiger partial charge on any atom is -0.478 e. The predicted octanol–water partition coefficient (Wildman–Crippen LogP) is 2.76. The van der Waals surface area contributed by atoms with Gasteiger partial charge >= 0.3 is 0 Å². The molecule has 0 atom stereocenters. The predicted molar refractivity (Wildman–Crippen MR) is 68.8 cm³/mol. The molecule has 1 heterocycles. The Morgan fingerprint density at radius 1 is 1.47 bits per heavy atom. The second-order valence-electron chi connectivity index (χ2n) is 4.43. The van der Waals surface area contributed by atoms with E-state index in [0.29, 0.717) is 29.9 Å². The molecule has 0 radical (unpaired) electrons. The molecule has 4 nitrogen and oxygen atoms in total. The number of halogens is 1. The van der Waals surface area contributed by atoms with E-state index in [1.54, 1.807) is 0 Å². The standard InChI is InChI=1S/C12H18ClN3O/c1-3-4-17-11-5-8(2)14-12(16-11)15-10-6-9(13)7-10/h5,9-10H,3-4,6-7H2,1-2H3,(H,14,15,16). The molecular formula is C12H18ClN3O. The van der Waals surface area contributed by atoms with Gasteiger partial charge in [-0.2, -0.15) is 4.98 Å². The van der Waals surface area contributed by atoms with Crippen LogP contribution in [0.15, 0.2) is 6.07 Å². The van der Waals surface area contributed by atoms with Gasteiger partial charge in [-0.3, -0.25) is 0 Å². The molecule has 0 aliphatic heterocycles. The highest BCUT2D eigenvalue weighted by Crippen LogP contribution is 2.28. The topological polar surface area (TPSA) is 47.0 Å². The van der Waals surface area contributed by atoms with Crippen molar-refractivity contribution in [3.63, 3.8) is 0 Å². The average Bonchev–Trinajstić information content (AvgIpc) is 2.23. The van der Waals surface area contributed by atoms with E-state index < -0.39 is 0 Å². The van der Waals surface area contributed by atoms with Crippen LogP contribution in [0.4, 0.5) is 5.95 Å². The van der Waals surface area contributed by atoms with Gasteiger partial charge < -0.3 is 10.1 Å². The van der Waals surface area contributed by atoms with Crippen molar-refractivity contribution in [3.8, 4) is 5.88 Å². The second kappa shape index (κ2) is 5.54. The molecule has 1 saturated carbocycles. The molecule has 1 N–H and O–H groups in total. The first kappa shape index (κ1) is 12.4. The van der Waals surface area contributed by atoms with Crippen molar-refractivity contribution in [2.75, 3.05) is 11.9 Å². The smallest absolute Gasteiger partial charge is 0.226 e. The highest BCUT2D eigenvalue weighted by atomic mass is 35.5. The van der Waals surface area contributed by atoms with E-state index >= 15 is 0 Å². The van der Waals surface area contributed by atoms with E-state index in [0.717, 1.165) is 25.0 Å². The summed E-state index contributed by atoms with van der Waals surface area (Å²) in [5.41, 5.74) is 0.912. The van der Waals surface area contributed by atoms with Crippen molar-refractivity contribution in [2.24, 2.45) is 0 Å². The summed E-state index contributed by atoms with van der Waals surface area (Å²) in [7, 11) is 0. The maximum Gasteiger partial charge on any atom is 0.226 e. The summed E-state index contributed by atoms with van der Waals surface area (Å²) in [6.45, 7) is 4.70. The molecule has 94 valence electrons. The Kier molecular flexibility index (Phi) is 4.05. The monoisotopic (exact) mass is 255 g/mol. The van der Waals surface area contributed by atoms with Crippen LogP contribution in [0.3, 0.4) is 0 Å². The van der Waals surface area contributed by atoms with Crippen molar-refractivity contribution >= 4 is 17.5 Å². The molecule has 2 rings (SSSR count). The molecule has 0 amide bonds. The molecule has 1 fully saturated rings. The zero-order valence-corrected chi connectivity index (χ0v) is 11.0. The Balaban J connectivity index is 1.98. The summed E-state index contributed by atoms with van der Waals surface area (Å²) < 4.78 is 5.51. The van der Waals surface area contributed by atoms with Gasteiger partial charge in [0, 0.05) is 23.2 Å². The first-order chi connectivity index (χ1) is 8.17. The minimum atomic E-state index is 0.299. The fourth-order valence-electron chi connectivity index (χ4n) is 1.73. The Hall–Kier alpha value is -1.03. The Bertz CT molecular complexity index is 380. The number of ether oxygens (including phenoxy) is 1. The number of aromatic nitrogens is 2. The van der Waals surface area contributed by atoms with Crippen LogP contribution in [0.5, 0.6) is 5.88 Å². The summed E-state index contributed by atoms with van der Waals surface area (Å²) in [6.07, 6.45) is 2.93. The molecule has 0 bridgehead atoms. The van der Waals surface area contributed by atoms with Crippen LogP contribution in [-0.4, -0.2) is 28.0 Å². The highest BCUT2D eigenvalue weighted by Gasteiger charge is 2.27. The molecule has 0 unspecified atom stereocenters. The third kappa shape index (κ3) is 3.46. The SMILES string of the molecule is CCCOc1cc(C)nc(NC2CC(Cl)C2)n1. The summed E-state index contributed by atoms with van der Waals surface area (Å²) in [5.74, 6) is 1.29.